The van der Waals surface area contributed by atoms with Gasteiger partial charge in [-0.25, -0.2) is 4.79 Å². The molecule has 3 saturated carbocycles. The Hall–Kier alpha value is -2.06. The Morgan fingerprint density at radius 3 is 1.42 bits per heavy atom. The first-order valence-electron chi connectivity index (χ1n) is 30.2. The molecule has 0 aromatic carbocycles. The highest BCUT2D eigenvalue weighted by Gasteiger charge is 2.71. The van der Waals surface area contributed by atoms with Gasteiger partial charge in [0.15, 0.2) is 31.5 Å². The largest absolute Gasteiger partial charge is 0.458 e. The lowest BCUT2D eigenvalue weighted by atomic mass is 9.45. The number of carbonyl (C=O) groups excluding carboxylic acids is 2. The van der Waals surface area contributed by atoms with Crippen LogP contribution in [0.25, 0.3) is 0 Å². The number of allylic oxidation sites excluding steroid dienone is 2. The molecule has 22 unspecified atom stereocenters. The van der Waals surface area contributed by atoms with Crippen molar-refractivity contribution < 1.29 is 95.6 Å². The molecule has 28 atom stereocenters. The van der Waals surface area contributed by atoms with Gasteiger partial charge in [-0.1, -0.05) is 31.6 Å². The molecule has 5 heterocycles. The summed E-state index contributed by atoms with van der Waals surface area (Å²) in [4.78, 5) is 26.6. The molecule has 5 aliphatic heterocycles. The van der Waals surface area contributed by atoms with E-state index in [0.29, 0.717) is 63.4 Å². The zero-order valence-corrected chi connectivity index (χ0v) is 50.8. The van der Waals surface area contributed by atoms with Crippen molar-refractivity contribution in [3.05, 3.63) is 23.3 Å². The number of Topliss-reactive ketones (excluding diaryl/α,β-unsaturated/α-hetero) is 1. The van der Waals surface area contributed by atoms with Gasteiger partial charge in [-0.15, -0.1) is 0 Å². The lowest BCUT2D eigenvalue weighted by Crippen LogP contribution is -2.66. The summed E-state index contributed by atoms with van der Waals surface area (Å²) in [6.07, 6.45) is 0.391. The number of hydrogen-bond acceptors (Lipinski definition) is 20. The number of carbonyl (C=O) groups is 2. The molecule has 0 aromatic rings. The van der Waals surface area contributed by atoms with E-state index >= 15 is 0 Å². The molecule has 8 fully saturated rings. The zero-order valence-electron chi connectivity index (χ0n) is 50.8. The summed E-state index contributed by atoms with van der Waals surface area (Å²) in [6.45, 7) is 19.1. The molecule has 0 aromatic heterocycles. The van der Waals surface area contributed by atoms with Gasteiger partial charge in [0.1, 0.15) is 42.4 Å². The van der Waals surface area contributed by atoms with Crippen LogP contribution in [0.5, 0.6) is 0 Å². The molecule has 81 heavy (non-hydrogen) atoms. The molecule has 4 aliphatic carbocycles. The maximum absolute atomic E-state index is 13.4. The molecule has 0 amide bonds. The van der Waals surface area contributed by atoms with Crippen molar-refractivity contribution in [3.8, 4) is 0 Å². The number of aliphatic hydroxyl groups excluding tert-OH is 1. The minimum atomic E-state index is -1.16. The molecule has 0 spiro atoms. The number of ether oxygens (including phenoxy) is 16. The van der Waals surface area contributed by atoms with Crippen LogP contribution in [0.3, 0.4) is 0 Å². The monoisotopic (exact) mass is 1150 g/mol. The lowest BCUT2D eigenvalue weighted by molar-refractivity contribution is -0.352. The third kappa shape index (κ3) is 12.5. The predicted molar refractivity (Wildman–Crippen MR) is 291 cm³/mol. The summed E-state index contributed by atoms with van der Waals surface area (Å²) in [5, 5.41) is 23.4. The van der Waals surface area contributed by atoms with E-state index in [0.717, 1.165) is 19.3 Å². The maximum atomic E-state index is 13.4. The Bertz CT molecular complexity index is 2200. The molecule has 0 radical (unpaired) electrons. The second-order valence-corrected chi connectivity index (χ2v) is 25.4. The van der Waals surface area contributed by atoms with E-state index < -0.39 is 128 Å². The highest BCUT2D eigenvalue weighted by molar-refractivity contribution is 5.88. The van der Waals surface area contributed by atoms with Crippen LogP contribution in [-0.2, 0) is 85.4 Å². The first kappa shape index (κ1) is 63.4. The Morgan fingerprint density at radius 2 is 1.00 bits per heavy atom. The van der Waals surface area contributed by atoms with Crippen LogP contribution in [-0.4, -0.2) is 198 Å². The first-order valence-corrected chi connectivity index (χ1v) is 30.2. The number of esters is 1. The van der Waals surface area contributed by atoms with Crippen LogP contribution >= 0.6 is 0 Å². The number of fused-ring (bicyclic) bond motifs is 5. The number of aliphatic hydroxyl groups is 2. The van der Waals surface area contributed by atoms with Crippen LogP contribution in [0.2, 0.25) is 0 Å². The van der Waals surface area contributed by atoms with E-state index in [1.807, 2.05) is 41.5 Å². The summed E-state index contributed by atoms with van der Waals surface area (Å²) in [6, 6.07) is 0. The van der Waals surface area contributed by atoms with Gasteiger partial charge in [0.2, 0.25) is 0 Å². The molecule has 20 heteroatoms. The van der Waals surface area contributed by atoms with Gasteiger partial charge in [0.05, 0.1) is 72.7 Å². The second kappa shape index (κ2) is 26.1. The van der Waals surface area contributed by atoms with Crippen molar-refractivity contribution in [3.63, 3.8) is 0 Å². The standard InChI is InChI=1S/C61H98O20/c1-16-30(2)58(64)77-47-24-41-40(61(65)22-20-39(31(3)62)60(47,61)10)18-17-37-23-38(19-21-59(37,41)9)76-48-26-43(67-12)54(33(5)72-48)79-50-28-45(69-14)56(35(7)74-50)81-52-29-46(70-15)57(36(8)75-52)80-51-27-44(68-13)55(34(6)73-51)78-49-25-42(66-11)53(63)32(4)71-49/h16-17,32-36,38-57,63,65H,18-29H2,1-15H3/b30-16+/t32?,33?,34?,35?,36?,38-,39+,40?,41?,42?,43?,44?,45?,46?,47+,48?,49?,50?,51?,52?,53?,54?,55?,56?,57?,59-,60-,61-/m0/s1. The van der Waals surface area contributed by atoms with Crippen molar-refractivity contribution in [1.82, 2.24) is 0 Å². The molecule has 0 bridgehead atoms. The molecular weight excluding hydrogens is 1050 g/mol. The summed E-state index contributed by atoms with van der Waals surface area (Å²) in [5.41, 5.74) is -0.462. The molecule has 20 nitrogen and oxygen atoms in total. The second-order valence-electron chi connectivity index (χ2n) is 25.4. The smallest absolute Gasteiger partial charge is 0.333 e. The van der Waals surface area contributed by atoms with Crippen molar-refractivity contribution >= 4 is 11.8 Å². The average molecular weight is 1150 g/mol. The van der Waals surface area contributed by atoms with Crippen LogP contribution in [0.4, 0.5) is 0 Å². The van der Waals surface area contributed by atoms with E-state index in [9.17, 15) is 19.8 Å². The van der Waals surface area contributed by atoms with E-state index in [-0.39, 0.29) is 53.4 Å². The quantitative estimate of drug-likeness (QED) is 0.0819. The van der Waals surface area contributed by atoms with Crippen molar-refractivity contribution in [2.45, 2.75) is 287 Å². The summed E-state index contributed by atoms with van der Waals surface area (Å²) >= 11 is 0. The molecule has 2 N–H and O–H groups in total. The number of methoxy groups -OCH3 is 5. The summed E-state index contributed by atoms with van der Waals surface area (Å²) in [7, 11) is 8.22. The zero-order chi connectivity index (χ0) is 58.5. The Morgan fingerprint density at radius 1 is 0.580 bits per heavy atom. The average Bonchev–Trinajstić information content (AvgIpc) is 2.06. The fourth-order valence-corrected chi connectivity index (χ4v) is 16.1. The van der Waals surface area contributed by atoms with Crippen LogP contribution < -0.4 is 0 Å². The van der Waals surface area contributed by atoms with Gasteiger partial charge in [-0.2, -0.15) is 0 Å². The highest BCUT2D eigenvalue weighted by atomic mass is 16.8. The van der Waals surface area contributed by atoms with Crippen LogP contribution in [0, 0.1) is 28.6 Å². The van der Waals surface area contributed by atoms with Crippen LogP contribution in [0.15, 0.2) is 23.3 Å². The molecule has 9 aliphatic rings. The minimum Gasteiger partial charge on any atom is -0.458 e. The third-order valence-electron chi connectivity index (χ3n) is 21.0. The lowest BCUT2D eigenvalue weighted by Gasteiger charge is -2.63. The van der Waals surface area contributed by atoms with Gasteiger partial charge >= 0.3 is 5.97 Å². The number of rotatable bonds is 18. The Kier molecular flexibility index (Phi) is 20.4. The first-order chi connectivity index (χ1) is 38.5. The highest BCUT2D eigenvalue weighted by Crippen LogP contribution is 2.69. The maximum Gasteiger partial charge on any atom is 0.333 e. The van der Waals surface area contributed by atoms with Gasteiger partial charge in [0, 0.05) is 84.6 Å². The van der Waals surface area contributed by atoms with Gasteiger partial charge in [-0.05, 0) is 118 Å². The van der Waals surface area contributed by atoms with Crippen molar-refractivity contribution in [2.24, 2.45) is 28.6 Å². The molecular formula is C61H98O20. The number of ketones is 1. The van der Waals surface area contributed by atoms with E-state index in [1.54, 1.807) is 62.4 Å². The van der Waals surface area contributed by atoms with Crippen LogP contribution in [0.1, 0.15) is 146 Å². The van der Waals surface area contributed by atoms with Crippen molar-refractivity contribution in [2.75, 3.05) is 35.5 Å². The van der Waals surface area contributed by atoms with Gasteiger partial charge < -0.3 is 86.0 Å². The van der Waals surface area contributed by atoms with E-state index in [4.69, 9.17) is 75.8 Å². The van der Waals surface area contributed by atoms with E-state index in [2.05, 4.69) is 13.0 Å². The van der Waals surface area contributed by atoms with Gasteiger partial charge in [-0.3, -0.25) is 4.79 Å². The normalized spacial score (nSPS) is 49.5. The fourth-order valence-electron chi connectivity index (χ4n) is 16.1. The minimum absolute atomic E-state index is 0.0391. The summed E-state index contributed by atoms with van der Waals surface area (Å²) < 4.78 is 101. The SMILES string of the molecule is C/C=C(\C)C(=O)O[C@@H]1CC2C(CC=C3C[C@@H](OC4CC(OC)C(OC5CC(OC)C(OC6CC(OC)C(OC7CC(OC)C(OC8CC(OC)C(O)C(C)O8)C(C)O7)C(C)O6)C(C)O5)C(C)O4)CC[C@@]32C)[C@@]2(O)CC[C@H](C(C)=O)[C@@]12C. The number of hydrogen-bond donors (Lipinski definition) is 2. The summed E-state index contributed by atoms with van der Waals surface area (Å²) in [5.74, 6) is -0.746. The molecule has 9 rings (SSSR count). The predicted octanol–water partition coefficient (Wildman–Crippen LogP) is 6.79. The topological polar surface area (TPSA) is 222 Å². The third-order valence-corrected chi connectivity index (χ3v) is 21.0. The molecule has 5 saturated heterocycles. The fraction of sp³-hybridized carbons (Fsp3) is 0.902. The van der Waals surface area contributed by atoms with Gasteiger partial charge in [0.25, 0.3) is 0 Å². The molecule has 462 valence electrons. The van der Waals surface area contributed by atoms with Crippen molar-refractivity contribution in [1.29, 1.82) is 0 Å². The Labute approximate surface area is 480 Å². The van der Waals surface area contributed by atoms with E-state index in [1.165, 1.54) is 5.57 Å². The Balaban J connectivity index is 0.763.